The molecular weight excluding hydrogens is 234 g/mol. The van der Waals surface area contributed by atoms with Crippen LogP contribution in [0.1, 0.15) is 25.5 Å². The van der Waals surface area contributed by atoms with Crippen LogP contribution in [0.3, 0.4) is 0 Å². The molecule has 0 saturated heterocycles. The Labute approximate surface area is 107 Å². The Balaban J connectivity index is 2.79. The van der Waals surface area contributed by atoms with Crippen molar-refractivity contribution in [1.29, 1.82) is 0 Å². The van der Waals surface area contributed by atoms with Gasteiger partial charge in [-0.3, -0.25) is 0 Å². The Morgan fingerprint density at radius 1 is 1.06 bits per heavy atom. The van der Waals surface area contributed by atoms with Crippen LogP contribution in [0.15, 0.2) is 18.2 Å². The SMILES string of the molecule is COC(OC)C(C)NC(C)c1c(O)cccc1O. The highest BCUT2D eigenvalue weighted by Crippen LogP contribution is 2.32. The molecule has 1 rings (SSSR count). The summed E-state index contributed by atoms with van der Waals surface area (Å²) in [7, 11) is 3.13. The number of hydrogen-bond donors (Lipinski definition) is 3. The lowest BCUT2D eigenvalue weighted by Gasteiger charge is -2.26. The number of aromatic hydroxyl groups is 2. The fraction of sp³-hybridized carbons (Fsp3) is 0.538. The predicted octanol–water partition coefficient (Wildman–Crippen LogP) is 1.76. The third-order valence-corrected chi connectivity index (χ3v) is 2.88. The van der Waals surface area contributed by atoms with Crippen molar-refractivity contribution in [2.75, 3.05) is 14.2 Å². The van der Waals surface area contributed by atoms with Crippen molar-refractivity contribution in [1.82, 2.24) is 5.32 Å². The molecule has 0 aliphatic heterocycles. The van der Waals surface area contributed by atoms with Crippen LogP contribution in [0.5, 0.6) is 11.5 Å². The minimum Gasteiger partial charge on any atom is -0.507 e. The second-order valence-electron chi connectivity index (χ2n) is 4.23. The van der Waals surface area contributed by atoms with Crippen molar-refractivity contribution < 1.29 is 19.7 Å². The number of ether oxygens (including phenoxy) is 2. The van der Waals surface area contributed by atoms with Crippen LogP contribution in [0.2, 0.25) is 0 Å². The van der Waals surface area contributed by atoms with E-state index in [0.29, 0.717) is 5.56 Å². The maximum absolute atomic E-state index is 9.77. The maximum Gasteiger partial charge on any atom is 0.171 e. The average Bonchev–Trinajstić information content (AvgIpc) is 2.30. The van der Waals surface area contributed by atoms with Gasteiger partial charge in [-0.05, 0) is 26.0 Å². The van der Waals surface area contributed by atoms with E-state index < -0.39 is 0 Å². The van der Waals surface area contributed by atoms with Crippen LogP contribution >= 0.6 is 0 Å². The summed E-state index contributed by atoms with van der Waals surface area (Å²) in [5, 5.41) is 22.7. The lowest BCUT2D eigenvalue weighted by Crippen LogP contribution is -2.40. The summed E-state index contributed by atoms with van der Waals surface area (Å²) in [6.45, 7) is 3.76. The summed E-state index contributed by atoms with van der Waals surface area (Å²) in [6, 6.07) is 4.37. The molecule has 1 aromatic carbocycles. The Hall–Kier alpha value is -1.30. The highest BCUT2D eigenvalue weighted by molar-refractivity contribution is 5.44. The zero-order chi connectivity index (χ0) is 13.7. The fourth-order valence-corrected chi connectivity index (χ4v) is 2.05. The Morgan fingerprint density at radius 2 is 1.56 bits per heavy atom. The van der Waals surface area contributed by atoms with Crippen molar-refractivity contribution in [2.45, 2.75) is 32.2 Å². The molecule has 18 heavy (non-hydrogen) atoms. The predicted molar refractivity (Wildman–Crippen MR) is 68.6 cm³/mol. The number of methoxy groups -OCH3 is 2. The van der Waals surface area contributed by atoms with E-state index in [2.05, 4.69) is 5.32 Å². The molecule has 0 aliphatic carbocycles. The fourth-order valence-electron chi connectivity index (χ4n) is 2.05. The van der Waals surface area contributed by atoms with Crippen LogP contribution in [0.4, 0.5) is 0 Å². The number of rotatable bonds is 6. The van der Waals surface area contributed by atoms with Gasteiger partial charge in [-0.2, -0.15) is 0 Å². The molecule has 0 spiro atoms. The van der Waals surface area contributed by atoms with Crippen LogP contribution in [0.25, 0.3) is 0 Å². The highest BCUT2D eigenvalue weighted by Gasteiger charge is 2.21. The molecule has 5 heteroatoms. The Kier molecular flexibility index (Phi) is 5.40. The molecule has 0 amide bonds. The second kappa shape index (κ2) is 6.58. The molecule has 0 aliphatic rings. The van der Waals surface area contributed by atoms with E-state index in [1.165, 1.54) is 0 Å². The standard InChI is InChI=1S/C13H21NO4/c1-8(14-9(2)13(17-3)18-4)12-10(15)6-5-7-11(12)16/h5-9,13-16H,1-4H3. The zero-order valence-electron chi connectivity index (χ0n) is 11.2. The summed E-state index contributed by atoms with van der Waals surface area (Å²) >= 11 is 0. The van der Waals surface area contributed by atoms with Crippen molar-refractivity contribution in [3.8, 4) is 11.5 Å². The van der Waals surface area contributed by atoms with Crippen LogP contribution in [-0.2, 0) is 9.47 Å². The normalized spacial score (nSPS) is 14.7. The molecule has 0 radical (unpaired) electrons. The molecule has 0 saturated carbocycles. The van der Waals surface area contributed by atoms with E-state index in [1.807, 2.05) is 13.8 Å². The number of hydrogen-bond acceptors (Lipinski definition) is 5. The number of nitrogens with one attached hydrogen (secondary N) is 1. The van der Waals surface area contributed by atoms with E-state index in [4.69, 9.17) is 9.47 Å². The average molecular weight is 255 g/mol. The number of benzene rings is 1. The van der Waals surface area contributed by atoms with Gasteiger partial charge in [0.1, 0.15) is 11.5 Å². The molecular formula is C13H21NO4. The first-order chi connectivity index (χ1) is 8.51. The first kappa shape index (κ1) is 14.8. The largest absolute Gasteiger partial charge is 0.507 e. The lowest BCUT2D eigenvalue weighted by atomic mass is 10.0. The van der Waals surface area contributed by atoms with Crippen LogP contribution in [0, 0.1) is 0 Å². The quantitative estimate of drug-likeness (QED) is 0.676. The molecule has 0 bridgehead atoms. The number of phenolic OH excluding ortho intramolecular Hbond substituents is 2. The molecule has 2 unspecified atom stereocenters. The van der Waals surface area contributed by atoms with E-state index in [-0.39, 0.29) is 29.9 Å². The topological polar surface area (TPSA) is 71.0 Å². The van der Waals surface area contributed by atoms with Crippen LogP contribution < -0.4 is 5.32 Å². The van der Waals surface area contributed by atoms with Gasteiger partial charge < -0.3 is 25.0 Å². The maximum atomic E-state index is 9.77. The van der Waals surface area contributed by atoms with Crippen LogP contribution in [-0.4, -0.2) is 36.8 Å². The monoisotopic (exact) mass is 255 g/mol. The summed E-state index contributed by atoms with van der Waals surface area (Å²) in [5.41, 5.74) is 0.468. The molecule has 0 heterocycles. The van der Waals surface area contributed by atoms with Crippen molar-refractivity contribution in [3.63, 3.8) is 0 Å². The van der Waals surface area contributed by atoms with Gasteiger partial charge >= 0.3 is 0 Å². The van der Waals surface area contributed by atoms with Gasteiger partial charge in [0.2, 0.25) is 0 Å². The van der Waals surface area contributed by atoms with Gasteiger partial charge in [0.15, 0.2) is 6.29 Å². The van der Waals surface area contributed by atoms with Crippen molar-refractivity contribution in [3.05, 3.63) is 23.8 Å². The zero-order valence-corrected chi connectivity index (χ0v) is 11.2. The van der Waals surface area contributed by atoms with E-state index in [0.717, 1.165) is 0 Å². The minimum absolute atomic E-state index is 0.0635. The number of phenols is 2. The Morgan fingerprint density at radius 3 is 2.00 bits per heavy atom. The van der Waals surface area contributed by atoms with Gasteiger partial charge in [-0.25, -0.2) is 0 Å². The van der Waals surface area contributed by atoms with E-state index in [9.17, 15) is 10.2 Å². The summed E-state index contributed by atoms with van der Waals surface area (Å²) < 4.78 is 10.3. The van der Waals surface area contributed by atoms with Gasteiger partial charge in [0, 0.05) is 20.3 Å². The Bertz CT molecular complexity index is 359. The summed E-state index contributed by atoms with van der Waals surface area (Å²) in [4.78, 5) is 0. The molecule has 5 nitrogen and oxygen atoms in total. The molecule has 0 fully saturated rings. The van der Waals surface area contributed by atoms with Gasteiger partial charge in [-0.15, -0.1) is 0 Å². The van der Waals surface area contributed by atoms with Gasteiger partial charge in [-0.1, -0.05) is 6.07 Å². The first-order valence-electron chi connectivity index (χ1n) is 5.83. The second-order valence-corrected chi connectivity index (χ2v) is 4.23. The minimum atomic E-state index is -0.388. The van der Waals surface area contributed by atoms with E-state index in [1.54, 1.807) is 32.4 Å². The van der Waals surface area contributed by atoms with Crippen molar-refractivity contribution in [2.24, 2.45) is 0 Å². The molecule has 1 aromatic rings. The van der Waals surface area contributed by atoms with Gasteiger partial charge in [0.25, 0.3) is 0 Å². The summed E-state index contributed by atoms with van der Waals surface area (Å²) in [6.07, 6.45) is -0.388. The third-order valence-electron chi connectivity index (χ3n) is 2.88. The molecule has 102 valence electrons. The molecule has 3 N–H and O–H groups in total. The third kappa shape index (κ3) is 3.35. The molecule has 2 atom stereocenters. The highest BCUT2D eigenvalue weighted by atomic mass is 16.7. The summed E-state index contributed by atoms with van der Waals surface area (Å²) in [5.74, 6) is 0.127. The van der Waals surface area contributed by atoms with Gasteiger partial charge in [0.05, 0.1) is 11.6 Å². The lowest BCUT2D eigenvalue weighted by molar-refractivity contribution is -0.120. The molecule has 0 aromatic heterocycles. The first-order valence-corrected chi connectivity index (χ1v) is 5.83. The van der Waals surface area contributed by atoms with Crippen molar-refractivity contribution >= 4 is 0 Å². The van der Waals surface area contributed by atoms with E-state index >= 15 is 0 Å². The smallest absolute Gasteiger partial charge is 0.171 e.